The van der Waals surface area contributed by atoms with Crippen LogP contribution in [0.15, 0.2) is 64.1 Å². The number of carboxylic acids is 1. The first-order valence-corrected chi connectivity index (χ1v) is 11.4. The number of nitrogens with one attached hydrogen (secondary N) is 2. The normalized spacial score (nSPS) is 12.2. The lowest BCUT2D eigenvalue weighted by Gasteiger charge is -2.18. The number of anilines is 1. The van der Waals surface area contributed by atoms with Crippen LogP contribution < -0.4 is 10.7 Å². The lowest BCUT2D eigenvalue weighted by molar-refractivity contribution is 0.0699. The molecular formula is C27H22ClN3O4. The third-order valence-electron chi connectivity index (χ3n) is 6.14. The van der Waals surface area contributed by atoms with Crippen LogP contribution in [0.1, 0.15) is 40.0 Å². The Balaban J connectivity index is 1.66. The first-order chi connectivity index (χ1) is 16.7. The van der Waals surface area contributed by atoms with E-state index in [9.17, 15) is 14.7 Å². The fourth-order valence-corrected chi connectivity index (χ4v) is 4.51. The predicted octanol–water partition coefficient (Wildman–Crippen LogP) is 6.48. The quantitative estimate of drug-likeness (QED) is 0.245. The number of H-pyrrole nitrogens is 1. The first kappa shape index (κ1) is 22.7. The van der Waals surface area contributed by atoms with E-state index in [1.54, 1.807) is 37.4 Å². The third-order valence-corrected chi connectivity index (χ3v) is 6.37. The van der Waals surface area contributed by atoms with E-state index in [1.165, 1.54) is 6.20 Å². The van der Waals surface area contributed by atoms with Crippen molar-refractivity contribution in [2.45, 2.75) is 26.8 Å². The van der Waals surface area contributed by atoms with Crippen molar-refractivity contribution in [3.05, 3.63) is 92.5 Å². The van der Waals surface area contributed by atoms with Crippen molar-refractivity contribution in [2.24, 2.45) is 0 Å². The van der Waals surface area contributed by atoms with E-state index in [2.05, 4.69) is 15.3 Å². The molecule has 0 aliphatic rings. The molecule has 5 rings (SSSR count). The summed E-state index contributed by atoms with van der Waals surface area (Å²) in [5, 5.41) is 14.3. The number of hydrogen-bond acceptors (Lipinski definition) is 5. The van der Waals surface area contributed by atoms with Gasteiger partial charge in [0.25, 0.3) is 0 Å². The number of hydrogen-bond donors (Lipinski definition) is 3. The van der Waals surface area contributed by atoms with Gasteiger partial charge in [0.2, 0.25) is 0 Å². The number of benzene rings is 2. The van der Waals surface area contributed by atoms with Crippen LogP contribution in [0.4, 0.5) is 5.69 Å². The molecule has 0 spiro atoms. The smallest absolute Gasteiger partial charge is 0.337 e. The van der Waals surface area contributed by atoms with Gasteiger partial charge in [-0.25, -0.2) is 9.78 Å². The van der Waals surface area contributed by atoms with Gasteiger partial charge in [-0.1, -0.05) is 29.8 Å². The number of pyridine rings is 1. The molecule has 176 valence electrons. The Morgan fingerprint density at radius 1 is 1.14 bits per heavy atom. The number of fused-ring (bicyclic) bond motifs is 2. The molecule has 3 N–H and O–H groups in total. The van der Waals surface area contributed by atoms with Crippen LogP contribution in [0.3, 0.4) is 0 Å². The van der Waals surface area contributed by atoms with Crippen LogP contribution in [0.5, 0.6) is 0 Å². The Kier molecular flexibility index (Phi) is 5.57. The molecule has 7 nitrogen and oxygen atoms in total. The van der Waals surface area contributed by atoms with Gasteiger partial charge in [-0.3, -0.25) is 4.79 Å². The fraction of sp³-hybridized carbons (Fsp3) is 0.148. The summed E-state index contributed by atoms with van der Waals surface area (Å²) >= 11 is 5.91. The highest BCUT2D eigenvalue weighted by molar-refractivity contribution is 6.29. The molecule has 3 heterocycles. The fourth-order valence-electron chi connectivity index (χ4n) is 4.40. The Labute approximate surface area is 205 Å². The van der Waals surface area contributed by atoms with Crippen molar-refractivity contribution < 1.29 is 14.3 Å². The van der Waals surface area contributed by atoms with Crippen molar-refractivity contribution in [3.63, 3.8) is 0 Å². The Morgan fingerprint density at radius 2 is 1.94 bits per heavy atom. The largest absolute Gasteiger partial charge is 0.478 e. The summed E-state index contributed by atoms with van der Waals surface area (Å²) in [5.41, 5.74) is 4.98. The SMILES string of the molecule is Cc1cc([C@@H](C)Nc2ccc(Cl)nc2)c2oc(-c3ccc4c(C(=O)O)c[nH]c4c3)c(C)c(=O)c2c1. The van der Waals surface area contributed by atoms with E-state index in [0.29, 0.717) is 43.9 Å². The maximum atomic E-state index is 13.4. The Hall–Kier alpha value is -4.10. The molecule has 0 bridgehead atoms. The summed E-state index contributed by atoms with van der Waals surface area (Å²) in [6.07, 6.45) is 3.11. The molecule has 2 aromatic carbocycles. The molecule has 0 saturated carbocycles. The zero-order chi connectivity index (χ0) is 24.9. The molecule has 0 fully saturated rings. The van der Waals surface area contributed by atoms with Crippen molar-refractivity contribution >= 4 is 45.1 Å². The molecule has 1 atom stereocenters. The minimum absolute atomic E-state index is 0.107. The second-order valence-electron chi connectivity index (χ2n) is 8.62. The highest BCUT2D eigenvalue weighted by Gasteiger charge is 2.20. The number of rotatable bonds is 5. The summed E-state index contributed by atoms with van der Waals surface area (Å²) in [5.74, 6) is -0.559. The molecule has 0 saturated heterocycles. The van der Waals surface area contributed by atoms with E-state index < -0.39 is 5.97 Å². The Morgan fingerprint density at radius 3 is 2.66 bits per heavy atom. The van der Waals surface area contributed by atoms with Crippen LogP contribution in [0.25, 0.3) is 33.2 Å². The minimum atomic E-state index is -1.00. The first-order valence-electron chi connectivity index (χ1n) is 11.0. The highest BCUT2D eigenvalue weighted by atomic mass is 35.5. The zero-order valence-corrected chi connectivity index (χ0v) is 20.0. The molecule has 3 aromatic heterocycles. The number of carboxylic acid groups (broad SMARTS) is 1. The van der Waals surface area contributed by atoms with Gasteiger partial charge in [-0.15, -0.1) is 0 Å². The van der Waals surface area contributed by atoms with Gasteiger partial charge in [0.05, 0.1) is 28.9 Å². The highest BCUT2D eigenvalue weighted by Crippen LogP contribution is 2.33. The number of aryl methyl sites for hydroxylation is 1. The number of carbonyl (C=O) groups is 1. The third kappa shape index (κ3) is 4.04. The maximum absolute atomic E-state index is 13.4. The number of halogens is 1. The molecule has 35 heavy (non-hydrogen) atoms. The van der Waals surface area contributed by atoms with Crippen molar-refractivity contribution in [1.29, 1.82) is 0 Å². The van der Waals surface area contributed by atoms with Gasteiger partial charge in [0.15, 0.2) is 5.43 Å². The van der Waals surface area contributed by atoms with E-state index in [0.717, 1.165) is 16.8 Å². The summed E-state index contributed by atoms with van der Waals surface area (Å²) in [7, 11) is 0. The van der Waals surface area contributed by atoms with E-state index in [-0.39, 0.29) is 17.0 Å². The molecule has 8 heteroatoms. The topological polar surface area (TPSA) is 108 Å². The van der Waals surface area contributed by atoms with Crippen molar-refractivity contribution in [2.75, 3.05) is 5.32 Å². The summed E-state index contributed by atoms with van der Waals surface area (Å²) in [6.45, 7) is 5.67. The lowest BCUT2D eigenvalue weighted by atomic mass is 9.98. The molecule has 0 unspecified atom stereocenters. The molecule has 0 radical (unpaired) electrons. The van der Waals surface area contributed by atoms with E-state index in [4.69, 9.17) is 16.0 Å². The van der Waals surface area contributed by atoms with Gasteiger partial charge in [-0.05, 0) is 50.6 Å². The average molecular weight is 488 g/mol. The number of aromatic nitrogens is 2. The molecule has 5 aromatic rings. The van der Waals surface area contributed by atoms with Gasteiger partial charge in [0.1, 0.15) is 16.5 Å². The molecule has 0 aliphatic heterocycles. The number of nitrogens with zero attached hydrogens (tertiary/aromatic N) is 1. The van der Waals surface area contributed by atoms with Crippen molar-refractivity contribution in [3.8, 4) is 11.3 Å². The summed E-state index contributed by atoms with van der Waals surface area (Å²) in [6, 6.07) is 12.5. The van der Waals surface area contributed by atoms with Gasteiger partial charge in [0, 0.05) is 33.8 Å². The Bertz CT molecular complexity index is 1670. The second kappa shape index (κ2) is 8.60. The lowest BCUT2D eigenvalue weighted by Crippen LogP contribution is -2.12. The van der Waals surface area contributed by atoms with Crippen LogP contribution in [-0.4, -0.2) is 21.0 Å². The summed E-state index contributed by atoms with van der Waals surface area (Å²) < 4.78 is 6.42. The summed E-state index contributed by atoms with van der Waals surface area (Å²) in [4.78, 5) is 32.0. The molecular weight excluding hydrogens is 466 g/mol. The second-order valence-corrected chi connectivity index (χ2v) is 9.01. The molecule has 0 aliphatic carbocycles. The maximum Gasteiger partial charge on any atom is 0.337 e. The van der Waals surface area contributed by atoms with Gasteiger partial charge < -0.3 is 19.8 Å². The number of aromatic amines is 1. The standard InChI is InChI=1S/C27H22ClN3O4/c1-13-8-19(15(3)31-17-5-7-23(28)30-11-17)26-20(9-13)24(32)14(2)25(35-26)16-4-6-18-21(27(33)34)12-29-22(18)10-16/h4-12,15,29,31H,1-3H3,(H,33,34)/t15-/m1/s1. The zero-order valence-electron chi connectivity index (χ0n) is 19.3. The minimum Gasteiger partial charge on any atom is -0.478 e. The van der Waals surface area contributed by atoms with Gasteiger partial charge >= 0.3 is 5.97 Å². The van der Waals surface area contributed by atoms with Crippen molar-refractivity contribution in [1.82, 2.24) is 9.97 Å². The average Bonchev–Trinajstić information content (AvgIpc) is 3.26. The van der Waals surface area contributed by atoms with E-state index in [1.807, 2.05) is 32.0 Å². The van der Waals surface area contributed by atoms with E-state index >= 15 is 0 Å². The van der Waals surface area contributed by atoms with Gasteiger partial charge in [-0.2, -0.15) is 0 Å². The molecule has 0 amide bonds. The monoisotopic (exact) mass is 487 g/mol. The van der Waals surface area contributed by atoms with Crippen LogP contribution in [0, 0.1) is 13.8 Å². The number of aromatic carboxylic acids is 1. The van der Waals surface area contributed by atoms with Crippen LogP contribution in [0.2, 0.25) is 5.15 Å². The predicted molar refractivity (Wildman–Crippen MR) is 137 cm³/mol. The van der Waals surface area contributed by atoms with Crippen LogP contribution in [-0.2, 0) is 0 Å². The van der Waals surface area contributed by atoms with Crippen LogP contribution >= 0.6 is 11.6 Å².